The molecule has 2 unspecified atom stereocenters. The zero-order valence-electron chi connectivity index (χ0n) is 11.0. The van der Waals surface area contributed by atoms with Crippen molar-refractivity contribution < 1.29 is 4.74 Å². The zero-order valence-corrected chi connectivity index (χ0v) is 11.0. The number of ether oxygens (including phenoxy) is 1. The molecular formula is C15H22N2O. The third-order valence-electron chi connectivity index (χ3n) is 3.62. The fourth-order valence-corrected chi connectivity index (χ4v) is 2.47. The topological polar surface area (TPSA) is 47.3 Å². The van der Waals surface area contributed by atoms with Gasteiger partial charge in [-0.25, -0.2) is 0 Å². The molecule has 3 nitrogen and oxygen atoms in total. The third kappa shape index (κ3) is 2.80. The standard InChI is InChI=1S/C15H22N2O/c1-3-11(2)10-14(17-16)15-13-7-5-4-6-12(13)8-9-18-15/h4-7,14-15,17H,2-3,8-10,16H2,1H3. The van der Waals surface area contributed by atoms with Gasteiger partial charge < -0.3 is 4.74 Å². The fourth-order valence-electron chi connectivity index (χ4n) is 2.47. The first kappa shape index (κ1) is 13.3. The molecule has 3 N–H and O–H groups in total. The van der Waals surface area contributed by atoms with E-state index in [0.29, 0.717) is 0 Å². The molecule has 0 saturated heterocycles. The van der Waals surface area contributed by atoms with E-state index < -0.39 is 0 Å². The van der Waals surface area contributed by atoms with E-state index in [2.05, 4.69) is 43.2 Å². The van der Waals surface area contributed by atoms with E-state index in [-0.39, 0.29) is 12.1 Å². The second-order valence-corrected chi connectivity index (χ2v) is 4.82. The molecule has 0 bridgehead atoms. The van der Waals surface area contributed by atoms with Crippen LogP contribution in [0.3, 0.4) is 0 Å². The van der Waals surface area contributed by atoms with Crippen molar-refractivity contribution in [2.24, 2.45) is 5.84 Å². The first-order valence-corrected chi connectivity index (χ1v) is 6.58. The van der Waals surface area contributed by atoms with Crippen LogP contribution in [0.15, 0.2) is 36.4 Å². The molecule has 3 heteroatoms. The van der Waals surface area contributed by atoms with Crippen LogP contribution in [0.5, 0.6) is 0 Å². The predicted octanol–water partition coefficient (Wildman–Crippen LogP) is 2.49. The molecule has 2 atom stereocenters. The lowest BCUT2D eigenvalue weighted by molar-refractivity contribution is 0.0153. The van der Waals surface area contributed by atoms with Gasteiger partial charge in [0.25, 0.3) is 0 Å². The molecular weight excluding hydrogens is 224 g/mol. The molecule has 2 rings (SSSR count). The maximum Gasteiger partial charge on any atom is 0.0997 e. The summed E-state index contributed by atoms with van der Waals surface area (Å²) in [5.41, 5.74) is 6.72. The number of hydrazine groups is 1. The maximum atomic E-state index is 5.92. The molecule has 1 heterocycles. The highest BCUT2D eigenvalue weighted by molar-refractivity contribution is 5.32. The Morgan fingerprint density at radius 2 is 2.33 bits per heavy atom. The van der Waals surface area contributed by atoms with Gasteiger partial charge in [0.1, 0.15) is 0 Å². The minimum absolute atomic E-state index is 0.0308. The van der Waals surface area contributed by atoms with Gasteiger partial charge in [-0.1, -0.05) is 43.3 Å². The maximum absolute atomic E-state index is 5.92. The lowest BCUT2D eigenvalue weighted by atomic mass is 9.90. The summed E-state index contributed by atoms with van der Waals surface area (Å²) in [5.74, 6) is 5.69. The van der Waals surface area contributed by atoms with Gasteiger partial charge in [-0.15, -0.1) is 0 Å². The Balaban J connectivity index is 2.19. The monoisotopic (exact) mass is 246 g/mol. The summed E-state index contributed by atoms with van der Waals surface area (Å²) >= 11 is 0. The van der Waals surface area contributed by atoms with Crippen LogP contribution in [0.2, 0.25) is 0 Å². The number of nitrogens with one attached hydrogen (secondary N) is 1. The van der Waals surface area contributed by atoms with Crippen molar-refractivity contribution in [3.63, 3.8) is 0 Å². The number of nitrogens with two attached hydrogens (primary N) is 1. The predicted molar refractivity (Wildman–Crippen MR) is 74.0 cm³/mol. The number of benzene rings is 1. The van der Waals surface area contributed by atoms with Gasteiger partial charge in [0.2, 0.25) is 0 Å². The van der Waals surface area contributed by atoms with E-state index >= 15 is 0 Å². The van der Waals surface area contributed by atoms with Crippen LogP contribution in [0, 0.1) is 0 Å². The van der Waals surface area contributed by atoms with Gasteiger partial charge >= 0.3 is 0 Å². The van der Waals surface area contributed by atoms with Crippen molar-refractivity contribution in [3.8, 4) is 0 Å². The highest BCUT2D eigenvalue weighted by Gasteiger charge is 2.28. The Hall–Kier alpha value is -1.16. The van der Waals surface area contributed by atoms with Gasteiger partial charge in [0, 0.05) is 0 Å². The van der Waals surface area contributed by atoms with Crippen molar-refractivity contribution in [3.05, 3.63) is 47.5 Å². The molecule has 0 aromatic heterocycles. The number of fused-ring (bicyclic) bond motifs is 1. The molecule has 0 aliphatic carbocycles. The van der Waals surface area contributed by atoms with Crippen molar-refractivity contribution in [1.29, 1.82) is 0 Å². The normalized spacial score (nSPS) is 20.2. The van der Waals surface area contributed by atoms with Crippen LogP contribution in [-0.2, 0) is 11.2 Å². The molecule has 0 amide bonds. The van der Waals surface area contributed by atoms with Crippen molar-refractivity contribution >= 4 is 0 Å². The van der Waals surface area contributed by atoms with Crippen LogP contribution in [-0.4, -0.2) is 12.6 Å². The van der Waals surface area contributed by atoms with Gasteiger partial charge in [-0.3, -0.25) is 11.3 Å². The molecule has 0 spiro atoms. The Morgan fingerprint density at radius 1 is 1.56 bits per heavy atom. The minimum atomic E-state index is 0.0308. The average molecular weight is 246 g/mol. The molecule has 18 heavy (non-hydrogen) atoms. The molecule has 1 aliphatic rings. The van der Waals surface area contributed by atoms with E-state index in [1.807, 2.05) is 0 Å². The minimum Gasteiger partial charge on any atom is -0.371 e. The van der Waals surface area contributed by atoms with Gasteiger partial charge in [-0.05, 0) is 30.4 Å². The van der Waals surface area contributed by atoms with Crippen LogP contribution in [0.1, 0.15) is 37.0 Å². The highest BCUT2D eigenvalue weighted by Crippen LogP contribution is 2.31. The van der Waals surface area contributed by atoms with Crippen LogP contribution < -0.4 is 11.3 Å². The molecule has 0 fully saturated rings. The van der Waals surface area contributed by atoms with Gasteiger partial charge in [-0.2, -0.15) is 0 Å². The lowest BCUT2D eigenvalue weighted by Crippen LogP contribution is -2.42. The van der Waals surface area contributed by atoms with Crippen LogP contribution in [0.25, 0.3) is 0 Å². The molecule has 0 saturated carbocycles. The van der Waals surface area contributed by atoms with Crippen LogP contribution >= 0.6 is 0 Å². The van der Waals surface area contributed by atoms with E-state index in [1.165, 1.54) is 16.7 Å². The molecule has 1 aromatic carbocycles. The average Bonchev–Trinajstić information content (AvgIpc) is 2.44. The summed E-state index contributed by atoms with van der Waals surface area (Å²) in [6.45, 7) is 6.94. The van der Waals surface area contributed by atoms with Crippen LogP contribution in [0.4, 0.5) is 0 Å². The van der Waals surface area contributed by atoms with E-state index in [4.69, 9.17) is 10.6 Å². The lowest BCUT2D eigenvalue weighted by Gasteiger charge is -2.32. The summed E-state index contributed by atoms with van der Waals surface area (Å²) in [6.07, 6.45) is 2.85. The largest absolute Gasteiger partial charge is 0.371 e. The quantitative estimate of drug-likeness (QED) is 0.477. The summed E-state index contributed by atoms with van der Waals surface area (Å²) in [4.78, 5) is 0. The van der Waals surface area contributed by atoms with E-state index in [9.17, 15) is 0 Å². The SMILES string of the molecule is C=C(CC)CC(NN)C1OCCc2ccccc21. The molecule has 0 radical (unpaired) electrons. The second-order valence-electron chi connectivity index (χ2n) is 4.82. The summed E-state index contributed by atoms with van der Waals surface area (Å²) in [6, 6.07) is 8.55. The molecule has 1 aliphatic heterocycles. The first-order valence-electron chi connectivity index (χ1n) is 6.58. The Morgan fingerprint density at radius 3 is 3.06 bits per heavy atom. The third-order valence-corrected chi connectivity index (χ3v) is 3.62. The summed E-state index contributed by atoms with van der Waals surface area (Å²) < 4.78 is 5.92. The van der Waals surface area contributed by atoms with E-state index in [1.54, 1.807) is 0 Å². The second kappa shape index (κ2) is 6.14. The number of hydrogen-bond acceptors (Lipinski definition) is 3. The Labute approximate surface area is 109 Å². The Kier molecular flexibility index (Phi) is 4.53. The zero-order chi connectivity index (χ0) is 13.0. The van der Waals surface area contributed by atoms with E-state index in [0.717, 1.165) is 25.9 Å². The fraction of sp³-hybridized carbons (Fsp3) is 0.467. The molecule has 98 valence electrons. The highest BCUT2D eigenvalue weighted by atomic mass is 16.5. The van der Waals surface area contributed by atoms with Gasteiger partial charge in [0.05, 0.1) is 18.8 Å². The van der Waals surface area contributed by atoms with Crippen molar-refractivity contribution in [2.75, 3.05) is 6.61 Å². The first-order chi connectivity index (χ1) is 8.76. The number of hydrogen-bond donors (Lipinski definition) is 2. The smallest absolute Gasteiger partial charge is 0.0997 e. The van der Waals surface area contributed by atoms with Crippen molar-refractivity contribution in [1.82, 2.24) is 5.43 Å². The Bertz CT molecular complexity index is 417. The molecule has 1 aromatic rings. The number of rotatable bonds is 5. The van der Waals surface area contributed by atoms with Crippen molar-refractivity contribution in [2.45, 2.75) is 38.3 Å². The summed E-state index contributed by atoms with van der Waals surface area (Å²) in [5, 5.41) is 0. The van der Waals surface area contributed by atoms with Gasteiger partial charge in [0.15, 0.2) is 0 Å². The summed E-state index contributed by atoms with van der Waals surface area (Å²) in [7, 11) is 0.